The molecule has 0 heterocycles. The minimum atomic E-state index is -1.24. The molecule has 188 valence electrons. The maximum atomic E-state index is 4.59. The van der Waals surface area contributed by atoms with Gasteiger partial charge in [-0.25, -0.2) is 0 Å². The Labute approximate surface area is 256 Å². The summed E-state index contributed by atoms with van der Waals surface area (Å²) in [4.78, 5) is 9.18. The van der Waals surface area contributed by atoms with Crippen LogP contribution < -0.4 is 0 Å². The van der Waals surface area contributed by atoms with Crippen LogP contribution in [0.5, 0.6) is 0 Å². The van der Waals surface area contributed by atoms with Gasteiger partial charge in [-0.2, -0.15) is 49.2 Å². The first-order valence-electron chi connectivity index (χ1n) is 11.6. The largest absolute Gasteiger partial charge is 4.00 e. The Morgan fingerprint density at radius 3 is 0.917 bits per heavy atom. The number of benzene rings is 2. The molecule has 0 aliphatic heterocycles. The van der Waals surface area contributed by atoms with E-state index in [-0.39, 0.29) is 43.3 Å². The average Bonchev–Trinajstić information content (AvgIpc) is 3.43. The van der Waals surface area contributed by atoms with Gasteiger partial charge < -0.3 is 9.96 Å². The number of rotatable bonds is 4. The third-order valence-electron chi connectivity index (χ3n) is 3.90. The zero-order chi connectivity index (χ0) is 25.5. The number of hydrogen-bond donors (Lipinski definition) is 0. The van der Waals surface area contributed by atoms with Gasteiger partial charge in [0.1, 0.15) is 0 Å². The Morgan fingerprint density at radius 1 is 0.500 bits per heavy atom. The summed E-state index contributed by atoms with van der Waals surface area (Å²) in [6.45, 7) is 20.9. The van der Waals surface area contributed by atoms with Crippen LogP contribution >= 0.6 is 0 Å². The summed E-state index contributed by atoms with van der Waals surface area (Å²) in [6.07, 6.45) is 16.3. The maximum absolute atomic E-state index is 4.59. The molecule has 2 fully saturated rings. The molecule has 2 nitrogen and oxygen atoms in total. The van der Waals surface area contributed by atoms with Crippen molar-refractivity contribution in [2.45, 2.75) is 39.3 Å². The van der Waals surface area contributed by atoms with Crippen LogP contribution in [0.3, 0.4) is 0 Å². The first kappa shape index (κ1) is 38.1. The summed E-state index contributed by atoms with van der Waals surface area (Å²) in [5.74, 6) is 0. The molecule has 0 saturated heterocycles. The average molecular weight is 632 g/mol. The topological polar surface area (TPSA) is 28.2 Å². The Hall–Kier alpha value is -0.0636. The molecule has 36 heavy (non-hydrogen) atoms. The van der Waals surface area contributed by atoms with Gasteiger partial charge in [-0.1, -0.05) is 93.6 Å². The van der Waals surface area contributed by atoms with Crippen LogP contribution in [0.15, 0.2) is 60.7 Å². The third-order valence-corrected chi connectivity index (χ3v) is 5.76. The smallest absolute Gasteiger partial charge is 0.660 e. The minimum absolute atomic E-state index is 0. The molecule has 4 rings (SSSR count). The van der Waals surface area contributed by atoms with Crippen molar-refractivity contribution >= 4 is 16.5 Å². The molecule has 0 N–H and O–H groups in total. The molecule has 2 aromatic carbocycles. The fourth-order valence-corrected chi connectivity index (χ4v) is 4.45. The van der Waals surface area contributed by atoms with Gasteiger partial charge in [-0.05, 0) is 25.7 Å². The van der Waals surface area contributed by atoms with Crippen LogP contribution in [-0.4, -0.2) is 16.5 Å². The second-order valence-electron chi connectivity index (χ2n) is 9.82. The van der Waals surface area contributed by atoms with Gasteiger partial charge in [0.15, 0.2) is 0 Å². The third kappa shape index (κ3) is 23.1. The van der Waals surface area contributed by atoms with Crippen LogP contribution in [0, 0.1) is 77.3 Å². The predicted octanol–water partition coefficient (Wildman–Crippen LogP) is 8.85. The van der Waals surface area contributed by atoms with E-state index in [4.69, 9.17) is 0 Å². The zero-order valence-electron chi connectivity index (χ0n) is 22.6. The second-order valence-corrected chi connectivity index (χ2v) is 19.0. The number of hydrogen-bond acceptors (Lipinski definition) is 0. The molecule has 2 aliphatic rings. The quantitative estimate of drug-likeness (QED) is 0.238. The van der Waals surface area contributed by atoms with E-state index in [0.29, 0.717) is 0 Å². The van der Waals surface area contributed by atoms with Crippen molar-refractivity contribution in [3.8, 4) is 0 Å². The Kier molecular flexibility index (Phi) is 22.1. The molecule has 6 heteroatoms. The molecule has 0 spiro atoms. The Bertz CT molecular complexity index is 672. The SMILES string of the molecule is C[Si](C)(C)[N-][C]1[CH][CH][CH][CH]1.C[Si](C)(C)[N-][C]1[CH][CH][CH][CH]1.[CH2-]c1ccccc1.[CH2-]c1ccccc1.[Fe+2].[Zr+4]. The van der Waals surface area contributed by atoms with Crippen molar-refractivity contribution in [3.63, 3.8) is 0 Å². The van der Waals surface area contributed by atoms with E-state index >= 15 is 0 Å². The fraction of sp³-hybridized carbons (Fsp3) is 0.200. The summed E-state index contributed by atoms with van der Waals surface area (Å²) in [7, 11) is -2.47. The monoisotopic (exact) mass is 630 g/mol. The minimum Gasteiger partial charge on any atom is -0.660 e. The van der Waals surface area contributed by atoms with Crippen molar-refractivity contribution in [1.82, 2.24) is 0 Å². The molecular weight excluding hydrogens is 592 g/mol. The Balaban J connectivity index is 0. The van der Waals surface area contributed by atoms with Crippen LogP contribution in [-0.2, 0) is 43.3 Å². The molecule has 2 aliphatic carbocycles. The summed E-state index contributed by atoms with van der Waals surface area (Å²) >= 11 is 0. The van der Waals surface area contributed by atoms with Gasteiger partial charge in [0.2, 0.25) is 0 Å². The molecule has 0 atom stereocenters. The molecule has 0 amide bonds. The predicted molar refractivity (Wildman–Crippen MR) is 156 cm³/mol. The molecule has 10 radical (unpaired) electrons. The van der Waals surface area contributed by atoms with Crippen molar-refractivity contribution in [2.75, 3.05) is 0 Å². The first-order chi connectivity index (χ1) is 15.9. The first-order valence-corrected chi connectivity index (χ1v) is 18.5. The van der Waals surface area contributed by atoms with Crippen molar-refractivity contribution in [3.05, 3.63) is 159 Å². The molecule has 0 bridgehead atoms. The van der Waals surface area contributed by atoms with E-state index in [1.165, 1.54) is 0 Å². The second kappa shape index (κ2) is 20.8. The van der Waals surface area contributed by atoms with Crippen LogP contribution in [0.25, 0.3) is 9.96 Å². The van der Waals surface area contributed by atoms with Crippen LogP contribution in [0.2, 0.25) is 39.3 Å². The van der Waals surface area contributed by atoms with E-state index in [1.807, 2.05) is 86.3 Å². The van der Waals surface area contributed by atoms with E-state index < -0.39 is 16.5 Å². The normalized spacial score (nSPS) is 15.5. The van der Waals surface area contributed by atoms with E-state index in [1.54, 1.807) is 0 Å². The molecule has 0 aromatic heterocycles. The van der Waals surface area contributed by atoms with E-state index in [2.05, 4.69) is 88.8 Å². The zero-order valence-corrected chi connectivity index (χ0v) is 28.1. The van der Waals surface area contributed by atoms with E-state index in [0.717, 1.165) is 23.2 Å². The molecular formula is C30H40FeN2Si2Zr+2. The van der Waals surface area contributed by atoms with Gasteiger partial charge in [0, 0.05) is 0 Å². The van der Waals surface area contributed by atoms with Crippen LogP contribution in [0.4, 0.5) is 0 Å². The summed E-state index contributed by atoms with van der Waals surface area (Å²) in [5, 5.41) is 0. The van der Waals surface area contributed by atoms with E-state index in [9.17, 15) is 0 Å². The van der Waals surface area contributed by atoms with Crippen molar-refractivity contribution < 1.29 is 43.3 Å². The van der Waals surface area contributed by atoms with Gasteiger partial charge in [-0.15, -0.1) is 36.3 Å². The molecule has 0 unspecified atom stereocenters. The summed E-state index contributed by atoms with van der Waals surface area (Å²) in [6, 6.07) is 22.0. The molecule has 2 aromatic rings. The standard InChI is InChI=1S/2C8H13NSi.2C7H7.Fe.Zr/c2*1-10(2,3)9-8-6-4-5-7-8;2*1-7-5-3-2-4-6-7;;/h2*4-7H,1-3H3;2*2-6H,1H2;;/q4*-1;+2;+4. The van der Waals surface area contributed by atoms with Gasteiger partial charge in [0.25, 0.3) is 0 Å². The van der Waals surface area contributed by atoms with Gasteiger partial charge >= 0.3 is 43.3 Å². The van der Waals surface area contributed by atoms with Crippen molar-refractivity contribution in [1.29, 1.82) is 0 Å². The van der Waals surface area contributed by atoms with Crippen LogP contribution in [0.1, 0.15) is 11.1 Å². The summed E-state index contributed by atoms with van der Waals surface area (Å²) < 4.78 is 0. The van der Waals surface area contributed by atoms with Gasteiger partial charge in [0.05, 0.1) is 0 Å². The maximum Gasteiger partial charge on any atom is 4.00 e. The fourth-order valence-electron chi connectivity index (χ4n) is 2.61. The molecule has 2 saturated carbocycles. The van der Waals surface area contributed by atoms with Gasteiger partial charge in [-0.3, -0.25) is 0 Å². The summed E-state index contributed by atoms with van der Waals surface area (Å²) in [5.41, 5.74) is 2.14. The number of nitrogens with zero attached hydrogens (tertiary/aromatic N) is 2. The van der Waals surface area contributed by atoms with Crippen molar-refractivity contribution in [2.24, 2.45) is 0 Å². The Morgan fingerprint density at radius 2 is 0.750 bits per heavy atom.